The third kappa shape index (κ3) is 4.84. The maximum Gasteiger partial charge on any atom is 0.527 e. The van der Waals surface area contributed by atoms with Crippen LogP contribution >= 0.6 is 7.82 Å². The number of hydrogen-bond acceptors (Lipinski definition) is 3. The van der Waals surface area contributed by atoms with E-state index < -0.39 is 7.82 Å². The largest absolute Gasteiger partial charge is 0.527 e. The van der Waals surface area contributed by atoms with Crippen LogP contribution in [0.1, 0.15) is 65.2 Å². The molecule has 0 bridgehead atoms. The Morgan fingerprint density at radius 3 is 2.05 bits per heavy atom. The summed E-state index contributed by atoms with van der Waals surface area (Å²) in [5.41, 5.74) is 2.70. The second-order valence-electron chi connectivity index (χ2n) is 7.65. The molecular formula is C17H29O4P. The van der Waals surface area contributed by atoms with Gasteiger partial charge < -0.3 is 4.52 Å². The minimum atomic E-state index is -4.09. The maximum absolute atomic E-state index is 12.0. The molecule has 0 aliphatic heterocycles. The molecule has 4 nitrogen and oxygen atoms in total. The van der Waals surface area contributed by atoms with Crippen molar-refractivity contribution in [1.82, 2.24) is 0 Å². The Morgan fingerprint density at radius 1 is 1.09 bits per heavy atom. The van der Waals surface area contributed by atoms with Crippen molar-refractivity contribution in [2.75, 3.05) is 6.61 Å². The molecule has 0 fully saturated rings. The Kier molecular flexibility index (Phi) is 5.55. The van der Waals surface area contributed by atoms with Crippen LogP contribution in [0.4, 0.5) is 0 Å². The molecular weight excluding hydrogens is 299 g/mol. The Bertz CT molecular complexity index is 580. The standard InChI is InChI=1S/C17H29O4P/c1-9-20-22(18,19)21-15-12(2)10-13(16(3,4)5)11-14(15)17(6,7)8/h10-11H,9H2,1-8H3,(H,18,19). The average molecular weight is 328 g/mol. The van der Waals surface area contributed by atoms with Crippen LogP contribution in [0, 0.1) is 6.92 Å². The fourth-order valence-electron chi connectivity index (χ4n) is 2.19. The third-order valence-corrected chi connectivity index (χ3v) is 4.45. The molecule has 126 valence electrons. The number of aryl methyl sites for hydroxylation is 1. The van der Waals surface area contributed by atoms with Gasteiger partial charge in [-0.3, -0.25) is 9.42 Å². The Hall–Kier alpha value is -0.830. The summed E-state index contributed by atoms with van der Waals surface area (Å²) in [6, 6.07) is 4.07. The first-order valence-electron chi connectivity index (χ1n) is 7.60. The van der Waals surface area contributed by atoms with E-state index in [1.165, 1.54) is 5.56 Å². The van der Waals surface area contributed by atoms with Crippen molar-refractivity contribution in [2.24, 2.45) is 0 Å². The van der Waals surface area contributed by atoms with Gasteiger partial charge in [-0.05, 0) is 35.8 Å². The van der Waals surface area contributed by atoms with Crippen molar-refractivity contribution >= 4 is 7.82 Å². The van der Waals surface area contributed by atoms with E-state index in [2.05, 4.69) is 47.6 Å². The highest BCUT2D eigenvalue weighted by Crippen LogP contribution is 2.48. The molecule has 22 heavy (non-hydrogen) atoms. The van der Waals surface area contributed by atoms with E-state index >= 15 is 0 Å². The molecule has 5 heteroatoms. The summed E-state index contributed by atoms with van der Waals surface area (Å²) < 4.78 is 22.2. The minimum Gasteiger partial charge on any atom is -0.404 e. The van der Waals surface area contributed by atoms with Gasteiger partial charge in [-0.15, -0.1) is 0 Å². The van der Waals surface area contributed by atoms with Crippen molar-refractivity contribution in [1.29, 1.82) is 0 Å². The van der Waals surface area contributed by atoms with Crippen molar-refractivity contribution in [3.8, 4) is 5.75 Å². The quantitative estimate of drug-likeness (QED) is 0.781. The number of phosphoric acid groups is 1. The number of benzene rings is 1. The molecule has 0 spiro atoms. The smallest absolute Gasteiger partial charge is 0.404 e. The van der Waals surface area contributed by atoms with Gasteiger partial charge in [-0.1, -0.05) is 53.7 Å². The Labute approximate surface area is 134 Å². The summed E-state index contributed by atoms with van der Waals surface area (Å²) in [5, 5.41) is 0. The van der Waals surface area contributed by atoms with E-state index in [1.807, 2.05) is 13.0 Å². The summed E-state index contributed by atoms with van der Waals surface area (Å²) >= 11 is 0. The SMILES string of the molecule is CCOP(=O)(O)Oc1c(C)cc(C(C)(C)C)cc1C(C)(C)C. The zero-order valence-electron chi connectivity index (χ0n) is 15.0. The topological polar surface area (TPSA) is 55.8 Å². The fourth-order valence-corrected chi connectivity index (χ4v) is 3.04. The number of hydrogen-bond donors (Lipinski definition) is 1. The summed E-state index contributed by atoms with van der Waals surface area (Å²) in [5.74, 6) is 0.444. The molecule has 0 amide bonds. The summed E-state index contributed by atoms with van der Waals surface area (Å²) in [4.78, 5) is 9.82. The van der Waals surface area contributed by atoms with Crippen molar-refractivity contribution < 1.29 is 18.5 Å². The zero-order valence-corrected chi connectivity index (χ0v) is 15.9. The van der Waals surface area contributed by atoms with Gasteiger partial charge >= 0.3 is 7.82 Å². The lowest BCUT2D eigenvalue weighted by Crippen LogP contribution is -2.18. The van der Waals surface area contributed by atoms with Crippen molar-refractivity contribution in [3.05, 3.63) is 28.8 Å². The highest BCUT2D eigenvalue weighted by Gasteiger charge is 2.30. The first-order chi connectivity index (χ1) is 9.78. The molecule has 1 aromatic carbocycles. The van der Waals surface area contributed by atoms with Gasteiger partial charge in [0.25, 0.3) is 0 Å². The first-order valence-corrected chi connectivity index (χ1v) is 9.10. The van der Waals surface area contributed by atoms with E-state index in [0.29, 0.717) is 5.75 Å². The van der Waals surface area contributed by atoms with E-state index in [-0.39, 0.29) is 17.4 Å². The average Bonchev–Trinajstić information content (AvgIpc) is 2.28. The molecule has 1 atom stereocenters. The van der Waals surface area contributed by atoms with Gasteiger partial charge in [-0.2, -0.15) is 0 Å². The molecule has 0 saturated heterocycles. The summed E-state index contributed by atoms with van der Waals surface area (Å²) in [7, 11) is -4.09. The summed E-state index contributed by atoms with van der Waals surface area (Å²) in [6.07, 6.45) is 0. The van der Waals surface area contributed by atoms with Gasteiger partial charge in [0.05, 0.1) is 6.61 Å². The highest BCUT2D eigenvalue weighted by molar-refractivity contribution is 7.47. The first kappa shape index (κ1) is 19.2. The van der Waals surface area contributed by atoms with E-state index in [4.69, 9.17) is 9.05 Å². The molecule has 0 heterocycles. The lowest BCUT2D eigenvalue weighted by Gasteiger charge is -2.29. The lowest BCUT2D eigenvalue weighted by molar-refractivity contribution is 0.211. The molecule has 1 rings (SSSR count). The molecule has 0 radical (unpaired) electrons. The second kappa shape index (κ2) is 6.35. The van der Waals surface area contributed by atoms with Crippen molar-refractivity contribution in [3.63, 3.8) is 0 Å². The monoisotopic (exact) mass is 328 g/mol. The van der Waals surface area contributed by atoms with Crippen LogP contribution in [0.5, 0.6) is 5.75 Å². The van der Waals surface area contributed by atoms with Crippen LogP contribution in [-0.4, -0.2) is 11.5 Å². The van der Waals surface area contributed by atoms with Crippen molar-refractivity contribution in [2.45, 2.75) is 66.2 Å². The Morgan fingerprint density at radius 2 is 1.64 bits per heavy atom. The Balaban J connectivity index is 3.48. The van der Waals surface area contributed by atoms with Gasteiger partial charge in [0.15, 0.2) is 0 Å². The third-order valence-electron chi connectivity index (χ3n) is 3.45. The normalized spacial score (nSPS) is 15.5. The van der Waals surface area contributed by atoms with Gasteiger partial charge in [-0.25, -0.2) is 4.57 Å². The van der Waals surface area contributed by atoms with E-state index in [1.54, 1.807) is 6.92 Å². The minimum absolute atomic E-state index is 0.00782. The second-order valence-corrected chi connectivity index (χ2v) is 9.03. The van der Waals surface area contributed by atoms with Gasteiger partial charge in [0.2, 0.25) is 0 Å². The molecule has 1 unspecified atom stereocenters. The van der Waals surface area contributed by atoms with Crippen LogP contribution < -0.4 is 4.52 Å². The molecule has 0 saturated carbocycles. The fraction of sp³-hybridized carbons (Fsp3) is 0.647. The number of phosphoric ester groups is 1. The predicted molar refractivity (Wildman–Crippen MR) is 90.7 cm³/mol. The highest BCUT2D eigenvalue weighted by atomic mass is 31.2. The lowest BCUT2D eigenvalue weighted by atomic mass is 9.79. The molecule has 0 aliphatic rings. The van der Waals surface area contributed by atoms with Crippen LogP contribution in [0.2, 0.25) is 0 Å². The van der Waals surface area contributed by atoms with Crippen LogP contribution in [0.15, 0.2) is 12.1 Å². The molecule has 0 aliphatic carbocycles. The molecule has 0 aromatic heterocycles. The molecule has 1 N–H and O–H groups in total. The number of rotatable bonds is 4. The van der Waals surface area contributed by atoms with Crippen LogP contribution in [0.25, 0.3) is 0 Å². The zero-order chi connectivity index (χ0) is 17.3. The van der Waals surface area contributed by atoms with Gasteiger partial charge in [0, 0.05) is 5.56 Å². The van der Waals surface area contributed by atoms with Crippen LogP contribution in [-0.2, 0) is 19.9 Å². The van der Waals surface area contributed by atoms with Crippen LogP contribution in [0.3, 0.4) is 0 Å². The summed E-state index contributed by atoms with van der Waals surface area (Å²) in [6.45, 7) is 16.3. The van der Waals surface area contributed by atoms with E-state index in [9.17, 15) is 9.46 Å². The van der Waals surface area contributed by atoms with E-state index in [0.717, 1.165) is 11.1 Å². The van der Waals surface area contributed by atoms with Gasteiger partial charge in [0.1, 0.15) is 5.75 Å². The maximum atomic E-state index is 12.0. The molecule has 1 aromatic rings. The predicted octanol–water partition coefficient (Wildman–Crippen LogP) is 5.11.